The Morgan fingerprint density at radius 3 is 2.29 bits per heavy atom. The van der Waals surface area contributed by atoms with E-state index in [9.17, 15) is 14.7 Å². The Balaban J connectivity index is 1.23. The molecule has 11 atom stereocenters. The average molecular weight is 567 g/mol. The van der Waals surface area contributed by atoms with Gasteiger partial charge in [-0.15, -0.1) is 0 Å². The fourth-order valence-corrected chi connectivity index (χ4v) is 10.4. The summed E-state index contributed by atoms with van der Waals surface area (Å²) < 4.78 is 11.7. The van der Waals surface area contributed by atoms with Crippen LogP contribution >= 0.6 is 0 Å². The Labute approximate surface area is 248 Å². The highest BCUT2D eigenvalue weighted by Crippen LogP contribution is 2.68. The van der Waals surface area contributed by atoms with Crippen molar-refractivity contribution in [3.05, 3.63) is 35.9 Å². The van der Waals surface area contributed by atoms with Crippen LogP contribution in [-0.2, 0) is 14.3 Å². The maximum Gasteiger partial charge on any atom is 0.338 e. The van der Waals surface area contributed by atoms with Crippen molar-refractivity contribution in [2.75, 3.05) is 0 Å². The molecule has 5 nitrogen and oxygen atoms in total. The second-order valence-corrected chi connectivity index (χ2v) is 15.1. The third-order valence-electron chi connectivity index (χ3n) is 12.6. The van der Waals surface area contributed by atoms with E-state index < -0.39 is 0 Å². The summed E-state index contributed by atoms with van der Waals surface area (Å²) in [6, 6.07) is 9.33. The largest absolute Gasteiger partial charge is 0.463 e. The Morgan fingerprint density at radius 1 is 0.927 bits per heavy atom. The molecule has 0 heterocycles. The molecule has 41 heavy (non-hydrogen) atoms. The van der Waals surface area contributed by atoms with E-state index in [1.54, 1.807) is 0 Å². The number of aliphatic hydroxyl groups excluding tert-OH is 1. The third kappa shape index (κ3) is 5.86. The lowest BCUT2D eigenvalue weighted by Crippen LogP contribution is -2.58. The molecule has 228 valence electrons. The van der Waals surface area contributed by atoms with Gasteiger partial charge in [0, 0.05) is 6.92 Å². The number of carbonyl (C=O) groups is 2. The molecule has 1 N–H and O–H groups in total. The van der Waals surface area contributed by atoms with Gasteiger partial charge in [0.2, 0.25) is 0 Å². The molecule has 0 amide bonds. The fraction of sp³-hybridized carbons (Fsp3) is 0.778. The number of ether oxygens (including phenoxy) is 2. The highest BCUT2D eigenvalue weighted by atomic mass is 16.5. The molecule has 1 aromatic rings. The molecule has 0 spiro atoms. The van der Waals surface area contributed by atoms with Gasteiger partial charge >= 0.3 is 11.9 Å². The normalized spacial score (nSPS) is 39.7. The third-order valence-corrected chi connectivity index (χ3v) is 12.6. The van der Waals surface area contributed by atoms with E-state index in [0.717, 1.165) is 38.5 Å². The zero-order valence-electron chi connectivity index (χ0n) is 26.3. The van der Waals surface area contributed by atoms with E-state index in [-0.39, 0.29) is 47.0 Å². The van der Waals surface area contributed by atoms with Crippen LogP contribution in [0.15, 0.2) is 30.3 Å². The van der Waals surface area contributed by atoms with Gasteiger partial charge < -0.3 is 14.6 Å². The van der Waals surface area contributed by atoms with Gasteiger partial charge in [0.1, 0.15) is 12.2 Å². The number of rotatable bonds is 8. The second-order valence-electron chi connectivity index (χ2n) is 15.1. The number of benzene rings is 1. The molecule has 0 saturated heterocycles. The second kappa shape index (κ2) is 12.0. The van der Waals surface area contributed by atoms with Gasteiger partial charge in [0.05, 0.1) is 11.7 Å². The van der Waals surface area contributed by atoms with Crippen molar-refractivity contribution in [2.24, 2.45) is 52.3 Å². The summed E-state index contributed by atoms with van der Waals surface area (Å²) >= 11 is 0. The van der Waals surface area contributed by atoms with Crippen LogP contribution in [0.1, 0.15) is 116 Å². The van der Waals surface area contributed by atoms with E-state index >= 15 is 0 Å². The van der Waals surface area contributed by atoms with Crippen LogP contribution in [0.3, 0.4) is 0 Å². The van der Waals surface area contributed by atoms with Crippen LogP contribution in [0.25, 0.3) is 0 Å². The summed E-state index contributed by atoms with van der Waals surface area (Å²) in [5.41, 5.74) is 1.11. The lowest BCUT2D eigenvalue weighted by molar-refractivity contribution is -0.182. The number of carbonyl (C=O) groups excluding carboxylic acids is 2. The summed E-state index contributed by atoms with van der Waals surface area (Å²) in [6.07, 6.45) is 10.4. The van der Waals surface area contributed by atoms with Crippen molar-refractivity contribution in [3.63, 3.8) is 0 Å². The van der Waals surface area contributed by atoms with Crippen molar-refractivity contribution in [2.45, 2.75) is 124 Å². The first kappa shape index (κ1) is 30.6. The van der Waals surface area contributed by atoms with Gasteiger partial charge in [-0.3, -0.25) is 4.79 Å². The average Bonchev–Trinajstić information content (AvgIpc) is 3.28. The molecule has 0 aliphatic heterocycles. The Bertz CT molecular complexity index is 1070. The maximum atomic E-state index is 12.8. The topological polar surface area (TPSA) is 72.8 Å². The molecule has 4 aliphatic rings. The predicted molar refractivity (Wildman–Crippen MR) is 161 cm³/mol. The Morgan fingerprint density at radius 2 is 1.61 bits per heavy atom. The van der Waals surface area contributed by atoms with E-state index in [0.29, 0.717) is 41.1 Å². The Hall–Kier alpha value is -1.88. The number of hydrogen-bond donors (Lipinski definition) is 1. The molecule has 5 heteroatoms. The summed E-state index contributed by atoms with van der Waals surface area (Å²) in [6.45, 7) is 13.3. The van der Waals surface area contributed by atoms with Crippen molar-refractivity contribution in [1.82, 2.24) is 0 Å². The minimum absolute atomic E-state index is 0.0153. The Kier molecular flexibility index (Phi) is 8.96. The van der Waals surface area contributed by atoms with Gasteiger partial charge in [0.25, 0.3) is 0 Å². The lowest BCUT2D eigenvalue weighted by Gasteiger charge is -2.62. The molecule has 4 aliphatic carbocycles. The van der Waals surface area contributed by atoms with Gasteiger partial charge in [-0.05, 0) is 129 Å². The van der Waals surface area contributed by atoms with Gasteiger partial charge in [0.15, 0.2) is 0 Å². The quantitative estimate of drug-likeness (QED) is 0.325. The first-order chi connectivity index (χ1) is 19.4. The molecule has 4 fully saturated rings. The minimum atomic E-state index is -0.254. The highest BCUT2D eigenvalue weighted by molar-refractivity contribution is 5.89. The molecule has 0 bridgehead atoms. The summed E-state index contributed by atoms with van der Waals surface area (Å²) in [4.78, 5) is 24.4. The van der Waals surface area contributed by atoms with E-state index in [1.165, 1.54) is 32.6 Å². The first-order valence-corrected chi connectivity index (χ1v) is 16.5. The molecule has 0 aromatic heterocycles. The summed E-state index contributed by atoms with van der Waals surface area (Å²) in [5, 5.41) is 11.7. The van der Waals surface area contributed by atoms with Crippen molar-refractivity contribution in [1.29, 1.82) is 0 Å². The van der Waals surface area contributed by atoms with Gasteiger partial charge in [-0.25, -0.2) is 4.79 Å². The van der Waals surface area contributed by atoms with Crippen LogP contribution in [0.4, 0.5) is 0 Å². The maximum absolute atomic E-state index is 12.8. The smallest absolute Gasteiger partial charge is 0.338 e. The highest BCUT2D eigenvalue weighted by Gasteiger charge is 2.63. The summed E-state index contributed by atoms with van der Waals surface area (Å²) in [7, 11) is 0. The zero-order valence-corrected chi connectivity index (χ0v) is 26.3. The van der Waals surface area contributed by atoms with Crippen LogP contribution < -0.4 is 0 Å². The number of fused-ring (bicyclic) bond motifs is 5. The molecule has 0 radical (unpaired) electrons. The number of hydrogen-bond acceptors (Lipinski definition) is 5. The molecular formula is C36H54O5. The molecule has 5 rings (SSSR count). The van der Waals surface area contributed by atoms with Crippen LogP contribution in [-0.4, -0.2) is 35.4 Å². The SMILES string of the molecule is CC(=O)O[C@H]1CC[C@@]2(C)[C@H](C1)C[C@H](O)[C@@H]1[C@@H]2CC[C@]2(C)[C@@H]([C@H](C)CC[C@@H](OC(=O)c3ccccc3)C(C)C)CC[C@@H]12. The number of esters is 2. The van der Waals surface area contributed by atoms with Gasteiger partial charge in [-0.1, -0.05) is 52.8 Å². The van der Waals surface area contributed by atoms with Gasteiger partial charge in [-0.2, -0.15) is 0 Å². The van der Waals surface area contributed by atoms with Crippen LogP contribution in [0.2, 0.25) is 0 Å². The fourth-order valence-electron chi connectivity index (χ4n) is 10.4. The van der Waals surface area contributed by atoms with Crippen molar-refractivity contribution >= 4 is 11.9 Å². The number of aliphatic hydroxyl groups is 1. The summed E-state index contributed by atoms with van der Waals surface area (Å²) in [5.74, 6) is 3.03. The monoisotopic (exact) mass is 566 g/mol. The molecule has 1 aromatic carbocycles. The van der Waals surface area contributed by atoms with E-state index in [4.69, 9.17) is 9.47 Å². The zero-order chi connectivity index (χ0) is 29.5. The standard InChI is InChI=1S/C36H54O5/c1-22(2)32(41-34(39)25-10-8-7-9-11-25)15-12-23(3)28-13-14-29-33-30(17-19-36(28,29)6)35(5)18-16-27(40-24(4)37)20-26(35)21-31(33)38/h7-11,22-23,26-33,38H,12-21H2,1-6H3/t23-,26-,27+,28-,29+,30+,31+,32-,33+,35+,36-/m1/s1. The van der Waals surface area contributed by atoms with E-state index in [2.05, 4.69) is 34.6 Å². The van der Waals surface area contributed by atoms with Crippen molar-refractivity contribution in [3.8, 4) is 0 Å². The molecule has 0 unspecified atom stereocenters. The van der Waals surface area contributed by atoms with Crippen LogP contribution in [0.5, 0.6) is 0 Å². The predicted octanol–water partition coefficient (Wildman–Crippen LogP) is 7.85. The molecular weight excluding hydrogens is 512 g/mol. The first-order valence-electron chi connectivity index (χ1n) is 16.5. The van der Waals surface area contributed by atoms with E-state index in [1.807, 2.05) is 30.3 Å². The minimum Gasteiger partial charge on any atom is -0.463 e. The van der Waals surface area contributed by atoms with Crippen molar-refractivity contribution < 1.29 is 24.2 Å². The lowest BCUT2D eigenvalue weighted by atomic mass is 9.43. The van der Waals surface area contributed by atoms with Crippen LogP contribution in [0, 0.1) is 52.3 Å². The molecule has 4 saturated carbocycles.